The van der Waals surface area contributed by atoms with Crippen LogP contribution in [0.2, 0.25) is 19.6 Å². The third-order valence-corrected chi connectivity index (χ3v) is 4.69. The monoisotopic (exact) mass is 228 g/mol. The molecular weight excluding hydrogens is 204 g/mol. The van der Waals surface area contributed by atoms with Crippen LogP contribution in [0.5, 0.6) is 0 Å². The van der Waals surface area contributed by atoms with E-state index >= 15 is 0 Å². The van der Waals surface area contributed by atoms with E-state index in [-0.39, 0.29) is 6.10 Å². The summed E-state index contributed by atoms with van der Waals surface area (Å²) in [6.45, 7) is 8.93. The molecule has 15 heavy (non-hydrogen) atoms. The SMILES string of the molecule is CCCCC=C(C(C=O)OC)[Si](C)(C)C. The highest BCUT2D eigenvalue weighted by Gasteiger charge is 2.26. The Morgan fingerprint density at radius 2 is 2.00 bits per heavy atom. The van der Waals surface area contributed by atoms with Crippen LogP contribution in [-0.4, -0.2) is 27.6 Å². The molecule has 0 fully saturated rings. The van der Waals surface area contributed by atoms with Crippen LogP contribution in [0.25, 0.3) is 0 Å². The molecule has 0 saturated carbocycles. The van der Waals surface area contributed by atoms with E-state index < -0.39 is 8.07 Å². The number of methoxy groups -OCH3 is 1. The third kappa shape index (κ3) is 5.28. The number of aldehydes is 1. The fourth-order valence-electron chi connectivity index (χ4n) is 1.57. The molecule has 0 N–H and O–H groups in total. The van der Waals surface area contributed by atoms with Gasteiger partial charge in [0.15, 0.2) is 6.29 Å². The third-order valence-electron chi connectivity index (χ3n) is 2.47. The first-order valence-corrected chi connectivity index (χ1v) is 9.16. The summed E-state index contributed by atoms with van der Waals surface area (Å²) in [7, 11) is 0.167. The van der Waals surface area contributed by atoms with Gasteiger partial charge in [-0.1, -0.05) is 50.7 Å². The van der Waals surface area contributed by atoms with E-state index in [0.717, 1.165) is 12.7 Å². The molecule has 0 aromatic heterocycles. The van der Waals surface area contributed by atoms with Crippen LogP contribution in [0.1, 0.15) is 26.2 Å². The molecule has 1 atom stereocenters. The Labute approximate surface area is 94.7 Å². The summed E-state index contributed by atoms with van der Waals surface area (Å²) in [6.07, 6.45) is 6.24. The molecule has 88 valence electrons. The average molecular weight is 228 g/mol. The van der Waals surface area contributed by atoms with Gasteiger partial charge in [-0.2, -0.15) is 0 Å². The fourth-order valence-corrected chi connectivity index (χ4v) is 3.36. The minimum absolute atomic E-state index is 0.325. The van der Waals surface area contributed by atoms with Crippen molar-refractivity contribution in [1.29, 1.82) is 0 Å². The molecule has 0 radical (unpaired) electrons. The lowest BCUT2D eigenvalue weighted by atomic mass is 10.2. The van der Waals surface area contributed by atoms with Gasteiger partial charge < -0.3 is 9.53 Å². The van der Waals surface area contributed by atoms with Crippen molar-refractivity contribution in [2.75, 3.05) is 7.11 Å². The fraction of sp³-hybridized carbons (Fsp3) is 0.750. The summed E-state index contributed by atoms with van der Waals surface area (Å²) in [4.78, 5) is 10.9. The molecule has 0 spiro atoms. The molecule has 0 aromatic carbocycles. The summed E-state index contributed by atoms with van der Waals surface area (Å²) in [5, 5.41) is 1.23. The molecular formula is C12H24O2Si. The van der Waals surface area contributed by atoms with Crippen LogP contribution >= 0.6 is 0 Å². The van der Waals surface area contributed by atoms with Crippen molar-refractivity contribution < 1.29 is 9.53 Å². The van der Waals surface area contributed by atoms with Crippen molar-refractivity contribution in [1.82, 2.24) is 0 Å². The smallest absolute Gasteiger partial charge is 0.152 e. The Morgan fingerprint density at radius 1 is 1.40 bits per heavy atom. The lowest BCUT2D eigenvalue weighted by Gasteiger charge is -2.25. The first-order valence-electron chi connectivity index (χ1n) is 5.66. The maximum Gasteiger partial charge on any atom is 0.152 e. The van der Waals surface area contributed by atoms with Crippen molar-refractivity contribution >= 4 is 14.4 Å². The summed E-state index contributed by atoms with van der Waals surface area (Å²) in [5.41, 5.74) is 0. The van der Waals surface area contributed by atoms with Crippen LogP contribution < -0.4 is 0 Å². The van der Waals surface area contributed by atoms with Crippen molar-refractivity contribution in [3.63, 3.8) is 0 Å². The number of ether oxygens (including phenoxy) is 1. The van der Waals surface area contributed by atoms with Crippen molar-refractivity contribution in [3.05, 3.63) is 11.3 Å². The summed E-state index contributed by atoms with van der Waals surface area (Å²) >= 11 is 0. The highest BCUT2D eigenvalue weighted by molar-refractivity contribution is 6.83. The molecule has 0 bridgehead atoms. The van der Waals surface area contributed by atoms with E-state index in [0.29, 0.717) is 0 Å². The van der Waals surface area contributed by atoms with Crippen LogP contribution in [0.4, 0.5) is 0 Å². The van der Waals surface area contributed by atoms with Gasteiger partial charge in [0.25, 0.3) is 0 Å². The number of carbonyl (C=O) groups excluding carboxylic acids is 1. The minimum atomic E-state index is -1.44. The molecule has 0 rings (SSSR count). The van der Waals surface area contributed by atoms with Gasteiger partial charge in [-0.3, -0.25) is 0 Å². The number of hydrogen-bond donors (Lipinski definition) is 0. The maximum atomic E-state index is 10.9. The summed E-state index contributed by atoms with van der Waals surface area (Å²) < 4.78 is 5.22. The van der Waals surface area contributed by atoms with Gasteiger partial charge in [-0.05, 0) is 6.42 Å². The first-order chi connectivity index (χ1) is 6.97. The van der Waals surface area contributed by atoms with Gasteiger partial charge >= 0.3 is 0 Å². The highest BCUT2D eigenvalue weighted by Crippen LogP contribution is 2.20. The number of carbonyl (C=O) groups is 1. The van der Waals surface area contributed by atoms with Gasteiger partial charge in [0.2, 0.25) is 0 Å². The first kappa shape index (κ1) is 14.6. The van der Waals surface area contributed by atoms with E-state index in [2.05, 4.69) is 32.6 Å². The quantitative estimate of drug-likeness (QED) is 0.380. The second kappa shape index (κ2) is 6.96. The molecule has 0 aliphatic carbocycles. The lowest BCUT2D eigenvalue weighted by Crippen LogP contribution is -2.34. The highest BCUT2D eigenvalue weighted by atomic mass is 28.3. The zero-order valence-corrected chi connectivity index (χ0v) is 11.7. The number of unbranched alkanes of at least 4 members (excludes halogenated alkanes) is 2. The van der Waals surface area contributed by atoms with E-state index in [1.54, 1.807) is 7.11 Å². The van der Waals surface area contributed by atoms with Gasteiger partial charge in [0.05, 0.1) is 8.07 Å². The average Bonchev–Trinajstić information content (AvgIpc) is 2.16. The largest absolute Gasteiger partial charge is 0.370 e. The predicted molar refractivity (Wildman–Crippen MR) is 67.8 cm³/mol. The summed E-state index contributed by atoms with van der Waals surface area (Å²) in [5.74, 6) is 0. The molecule has 0 aliphatic rings. The molecule has 2 nitrogen and oxygen atoms in total. The van der Waals surface area contributed by atoms with Gasteiger partial charge in [-0.25, -0.2) is 0 Å². The zero-order valence-electron chi connectivity index (χ0n) is 10.7. The Balaban J connectivity index is 4.71. The Morgan fingerprint density at radius 3 is 2.33 bits per heavy atom. The second-order valence-electron chi connectivity index (χ2n) is 4.84. The maximum absolute atomic E-state index is 10.9. The normalized spacial score (nSPS) is 15.1. The van der Waals surface area contributed by atoms with Gasteiger partial charge in [0, 0.05) is 7.11 Å². The Hall–Kier alpha value is -0.413. The number of hydrogen-bond acceptors (Lipinski definition) is 2. The molecule has 0 amide bonds. The number of rotatable bonds is 7. The van der Waals surface area contributed by atoms with E-state index in [1.165, 1.54) is 18.0 Å². The van der Waals surface area contributed by atoms with Gasteiger partial charge in [0.1, 0.15) is 6.10 Å². The van der Waals surface area contributed by atoms with E-state index in [9.17, 15) is 4.79 Å². The van der Waals surface area contributed by atoms with Gasteiger partial charge in [-0.15, -0.1) is 0 Å². The van der Waals surface area contributed by atoms with Crippen LogP contribution in [-0.2, 0) is 9.53 Å². The molecule has 0 heterocycles. The lowest BCUT2D eigenvalue weighted by molar-refractivity contribution is -0.114. The molecule has 0 saturated heterocycles. The predicted octanol–water partition coefficient (Wildman–Crippen LogP) is 3.19. The van der Waals surface area contributed by atoms with Crippen LogP contribution in [0.15, 0.2) is 11.3 Å². The van der Waals surface area contributed by atoms with E-state index in [1.807, 2.05) is 0 Å². The van der Waals surface area contributed by atoms with E-state index in [4.69, 9.17) is 4.74 Å². The van der Waals surface area contributed by atoms with Crippen LogP contribution in [0.3, 0.4) is 0 Å². The standard InChI is InChI=1S/C12H24O2Si/c1-6-7-8-9-12(15(3,4)5)11(10-13)14-2/h9-11H,6-8H2,1-5H3. The topological polar surface area (TPSA) is 26.3 Å². The Bertz CT molecular complexity index is 216. The second-order valence-corrected chi connectivity index (χ2v) is 9.92. The van der Waals surface area contributed by atoms with Crippen molar-refractivity contribution in [2.24, 2.45) is 0 Å². The number of allylic oxidation sites excluding steroid dienone is 1. The Kier molecular flexibility index (Phi) is 6.77. The minimum Gasteiger partial charge on any atom is -0.370 e. The van der Waals surface area contributed by atoms with Crippen molar-refractivity contribution in [3.8, 4) is 0 Å². The van der Waals surface area contributed by atoms with Crippen molar-refractivity contribution in [2.45, 2.75) is 51.9 Å². The molecule has 0 aromatic rings. The molecule has 3 heteroatoms. The zero-order chi connectivity index (χ0) is 11.9. The molecule has 0 aliphatic heterocycles. The summed E-state index contributed by atoms with van der Waals surface area (Å²) in [6, 6.07) is 0. The van der Waals surface area contributed by atoms with Crippen LogP contribution in [0, 0.1) is 0 Å². The molecule has 1 unspecified atom stereocenters.